The molecule has 0 atom stereocenters. The van der Waals surface area contributed by atoms with Crippen molar-refractivity contribution in [3.05, 3.63) is 41.2 Å². The van der Waals surface area contributed by atoms with Crippen LogP contribution in [-0.4, -0.2) is 33.9 Å². The zero-order valence-corrected chi connectivity index (χ0v) is 16.1. The maximum atomic E-state index is 13.2. The van der Waals surface area contributed by atoms with E-state index in [4.69, 9.17) is 9.47 Å². The smallest absolute Gasteiger partial charge is 0.274 e. The van der Waals surface area contributed by atoms with Crippen LogP contribution in [0.25, 0.3) is 0 Å². The highest BCUT2D eigenvalue weighted by molar-refractivity contribution is 5.92. The van der Waals surface area contributed by atoms with E-state index in [1.165, 1.54) is 32.1 Å². The molecule has 0 bridgehead atoms. The first-order chi connectivity index (χ1) is 13.1. The molecule has 1 fully saturated rings. The second kappa shape index (κ2) is 7.62. The third kappa shape index (κ3) is 3.94. The quantitative estimate of drug-likeness (QED) is 0.807. The molecular formula is C21H27N3O3. The zero-order valence-electron chi connectivity index (χ0n) is 16.1. The first kappa shape index (κ1) is 17.9. The molecule has 1 aliphatic carbocycles. The predicted octanol–water partition coefficient (Wildman–Crippen LogP) is 3.68. The number of carbonyl (C=O) groups is 1. The average molecular weight is 369 g/mol. The maximum Gasteiger partial charge on any atom is 0.274 e. The predicted molar refractivity (Wildman–Crippen MR) is 102 cm³/mol. The molecule has 2 aliphatic rings. The molecule has 27 heavy (non-hydrogen) atoms. The largest absolute Gasteiger partial charge is 0.454 e. The first-order valence-corrected chi connectivity index (χ1v) is 9.78. The van der Waals surface area contributed by atoms with Crippen LogP contribution in [-0.2, 0) is 13.6 Å². The summed E-state index contributed by atoms with van der Waals surface area (Å²) in [6.07, 6.45) is 6.24. The average Bonchev–Trinajstić information content (AvgIpc) is 3.27. The zero-order chi connectivity index (χ0) is 18.8. The van der Waals surface area contributed by atoms with Gasteiger partial charge in [-0.05, 0) is 49.4 Å². The lowest BCUT2D eigenvalue weighted by molar-refractivity contribution is 0.0692. The molecule has 0 unspecified atom stereocenters. The van der Waals surface area contributed by atoms with Crippen LogP contribution in [0.5, 0.6) is 11.5 Å². The van der Waals surface area contributed by atoms with E-state index < -0.39 is 0 Å². The fraction of sp³-hybridized carbons (Fsp3) is 0.524. The lowest BCUT2D eigenvalue weighted by Gasteiger charge is -2.29. The fourth-order valence-corrected chi connectivity index (χ4v) is 3.99. The topological polar surface area (TPSA) is 56.6 Å². The Hall–Kier alpha value is -2.50. The van der Waals surface area contributed by atoms with Crippen molar-refractivity contribution in [2.24, 2.45) is 13.0 Å². The Kier molecular flexibility index (Phi) is 5.05. The molecular weight excluding hydrogens is 342 g/mol. The summed E-state index contributed by atoms with van der Waals surface area (Å²) in [5.41, 5.74) is 2.56. The highest BCUT2D eigenvalue weighted by atomic mass is 16.7. The molecule has 1 aromatic carbocycles. The summed E-state index contributed by atoms with van der Waals surface area (Å²) in [7, 11) is 1.87. The Morgan fingerprint density at radius 2 is 1.96 bits per heavy atom. The van der Waals surface area contributed by atoms with Crippen LogP contribution < -0.4 is 9.47 Å². The fourth-order valence-electron chi connectivity index (χ4n) is 3.99. The standard InChI is InChI=1S/C21H27N3O3/c1-15-10-18(22-23(15)2)21(25)24(12-16-6-4-3-5-7-16)13-17-8-9-19-20(11-17)27-14-26-19/h8-11,16H,3-7,12-14H2,1-2H3. The number of hydrogen-bond acceptors (Lipinski definition) is 4. The molecule has 6 nitrogen and oxygen atoms in total. The van der Waals surface area contributed by atoms with Crippen LogP contribution in [0.2, 0.25) is 0 Å². The van der Waals surface area contributed by atoms with Gasteiger partial charge in [-0.3, -0.25) is 9.48 Å². The van der Waals surface area contributed by atoms with Crippen molar-refractivity contribution >= 4 is 5.91 Å². The molecule has 1 aromatic heterocycles. The minimum atomic E-state index is 0.00180. The van der Waals surface area contributed by atoms with E-state index in [0.29, 0.717) is 18.2 Å². The molecule has 0 radical (unpaired) electrons. The minimum Gasteiger partial charge on any atom is -0.454 e. The van der Waals surface area contributed by atoms with Gasteiger partial charge in [-0.2, -0.15) is 5.10 Å². The second-order valence-corrected chi connectivity index (χ2v) is 7.67. The Morgan fingerprint density at radius 1 is 1.19 bits per heavy atom. The van der Waals surface area contributed by atoms with Crippen molar-refractivity contribution in [1.29, 1.82) is 0 Å². The molecule has 1 amide bonds. The Morgan fingerprint density at radius 3 is 2.70 bits per heavy atom. The molecule has 0 spiro atoms. The number of carbonyl (C=O) groups excluding carboxylic acids is 1. The number of amides is 1. The first-order valence-electron chi connectivity index (χ1n) is 9.78. The highest BCUT2D eigenvalue weighted by Crippen LogP contribution is 2.33. The van der Waals surface area contributed by atoms with E-state index >= 15 is 0 Å². The van der Waals surface area contributed by atoms with Gasteiger partial charge in [-0.1, -0.05) is 25.3 Å². The van der Waals surface area contributed by atoms with Crippen molar-refractivity contribution in [2.45, 2.75) is 45.6 Å². The van der Waals surface area contributed by atoms with E-state index in [2.05, 4.69) is 5.10 Å². The molecule has 0 N–H and O–H groups in total. The molecule has 0 saturated heterocycles. The summed E-state index contributed by atoms with van der Waals surface area (Å²) < 4.78 is 12.6. The molecule has 4 rings (SSSR count). The highest BCUT2D eigenvalue weighted by Gasteiger charge is 2.25. The van der Waals surface area contributed by atoms with Crippen LogP contribution in [0, 0.1) is 12.8 Å². The lowest BCUT2D eigenvalue weighted by atomic mass is 9.89. The number of ether oxygens (including phenoxy) is 2. The van der Waals surface area contributed by atoms with Gasteiger partial charge in [-0.15, -0.1) is 0 Å². The number of aromatic nitrogens is 2. The van der Waals surface area contributed by atoms with Crippen molar-refractivity contribution in [3.8, 4) is 11.5 Å². The van der Waals surface area contributed by atoms with E-state index in [1.807, 2.05) is 43.1 Å². The molecule has 1 saturated carbocycles. The molecule has 2 aromatic rings. The molecule has 6 heteroatoms. The van der Waals surface area contributed by atoms with Crippen LogP contribution in [0.4, 0.5) is 0 Å². The summed E-state index contributed by atoms with van der Waals surface area (Å²) >= 11 is 0. The van der Waals surface area contributed by atoms with Gasteiger partial charge in [0.05, 0.1) is 0 Å². The van der Waals surface area contributed by atoms with Gasteiger partial charge < -0.3 is 14.4 Å². The number of nitrogens with zero attached hydrogens (tertiary/aromatic N) is 3. The Labute approximate surface area is 160 Å². The summed E-state index contributed by atoms with van der Waals surface area (Å²) in [6, 6.07) is 7.78. The molecule has 144 valence electrons. The van der Waals surface area contributed by atoms with Gasteiger partial charge in [0.25, 0.3) is 5.91 Å². The van der Waals surface area contributed by atoms with E-state index in [0.717, 1.165) is 29.3 Å². The summed E-state index contributed by atoms with van der Waals surface area (Å²) in [5, 5.41) is 4.40. The van der Waals surface area contributed by atoms with Crippen molar-refractivity contribution in [2.75, 3.05) is 13.3 Å². The summed E-state index contributed by atoms with van der Waals surface area (Å²) in [6.45, 7) is 3.56. The maximum absolute atomic E-state index is 13.2. The van der Waals surface area contributed by atoms with Gasteiger partial charge in [-0.25, -0.2) is 0 Å². The van der Waals surface area contributed by atoms with Gasteiger partial charge in [0, 0.05) is 25.8 Å². The van der Waals surface area contributed by atoms with E-state index in [-0.39, 0.29) is 12.7 Å². The SMILES string of the molecule is Cc1cc(C(=O)N(Cc2ccc3c(c2)OCO3)CC2CCCCC2)nn1C. The van der Waals surface area contributed by atoms with Crippen LogP contribution >= 0.6 is 0 Å². The van der Waals surface area contributed by atoms with E-state index in [9.17, 15) is 4.79 Å². The number of fused-ring (bicyclic) bond motifs is 1. The second-order valence-electron chi connectivity index (χ2n) is 7.67. The monoisotopic (exact) mass is 369 g/mol. The number of aryl methyl sites for hydroxylation is 2. The molecule has 1 aliphatic heterocycles. The Bertz CT molecular complexity index is 805. The molecule has 2 heterocycles. The normalized spacial score (nSPS) is 16.5. The summed E-state index contributed by atoms with van der Waals surface area (Å²) in [5.74, 6) is 2.10. The number of benzene rings is 1. The van der Waals surface area contributed by atoms with Crippen molar-refractivity contribution in [3.63, 3.8) is 0 Å². The van der Waals surface area contributed by atoms with E-state index in [1.54, 1.807) is 4.68 Å². The minimum absolute atomic E-state index is 0.00180. The third-order valence-electron chi connectivity index (χ3n) is 5.63. The van der Waals surface area contributed by atoms with Gasteiger partial charge >= 0.3 is 0 Å². The Balaban J connectivity index is 1.55. The van der Waals surface area contributed by atoms with Gasteiger partial charge in [0.15, 0.2) is 17.2 Å². The lowest BCUT2D eigenvalue weighted by Crippen LogP contribution is -2.36. The van der Waals surface area contributed by atoms with Crippen molar-refractivity contribution in [1.82, 2.24) is 14.7 Å². The number of rotatable bonds is 5. The van der Waals surface area contributed by atoms with Crippen molar-refractivity contribution < 1.29 is 14.3 Å². The van der Waals surface area contributed by atoms with Gasteiger partial charge in [0.1, 0.15) is 0 Å². The van der Waals surface area contributed by atoms with Crippen LogP contribution in [0.1, 0.15) is 53.8 Å². The van der Waals surface area contributed by atoms with Crippen LogP contribution in [0.3, 0.4) is 0 Å². The van der Waals surface area contributed by atoms with Crippen LogP contribution in [0.15, 0.2) is 24.3 Å². The number of hydrogen-bond donors (Lipinski definition) is 0. The summed E-state index contributed by atoms with van der Waals surface area (Å²) in [4.78, 5) is 15.2. The van der Waals surface area contributed by atoms with Gasteiger partial charge in [0.2, 0.25) is 6.79 Å². The third-order valence-corrected chi connectivity index (χ3v) is 5.63.